The van der Waals surface area contributed by atoms with Crippen LogP contribution in [0.5, 0.6) is 0 Å². The molecule has 0 spiro atoms. The van der Waals surface area contributed by atoms with Gasteiger partial charge in [-0.1, -0.05) is 13.3 Å². The van der Waals surface area contributed by atoms with Crippen molar-refractivity contribution < 1.29 is 9.53 Å². The minimum Gasteiger partial charge on any atom is -0.383 e. The first kappa shape index (κ1) is 14.4. The minimum atomic E-state index is -0.102. The Kier molecular flexibility index (Phi) is 7.34. The zero-order chi connectivity index (χ0) is 11.7. The maximum Gasteiger partial charge on any atom is 0.234 e. The largest absolute Gasteiger partial charge is 0.383 e. The van der Waals surface area contributed by atoms with Crippen molar-refractivity contribution in [1.29, 1.82) is 0 Å². The summed E-state index contributed by atoms with van der Waals surface area (Å²) in [5, 5.41) is 6.01. The second kappa shape index (κ2) is 7.65. The van der Waals surface area contributed by atoms with Crippen LogP contribution in [0.2, 0.25) is 0 Å². The SMILES string of the molecule is CCCC(C)(C)NC(=O)CNCCOC. The maximum atomic E-state index is 11.5. The molecule has 0 aromatic carbocycles. The summed E-state index contributed by atoms with van der Waals surface area (Å²) in [5.41, 5.74) is -0.102. The van der Waals surface area contributed by atoms with Gasteiger partial charge in [-0.25, -0.2) is 0 Å². The molecule has 0 heterocycles. The lowest BCUT2D eigenvalue weighted by molar-refractivity contribution is -0.121. The van der Waals surface area contributed by atoms with Gasteiger partial charge in [-0.2, -0.15) is 0 Å². The topological polar surface area (TPSA) is 50.4 Å². The first-order valence-electron chi connectivity index (χ1n) is 5.52. The van der Waals surface area contributed by atoms with Gasteiger partial charge in [0.15, 0.2) is 0 Å². The minimum absolute atomic E-state index is 0.0459. The Morgan fingerprint density at radius 2 is 2.07 bits per heavy atom. The number of nitrogens with one attached hydrogen (secondary N) is 2. The second-order valence-corrected chi connectivity index (χ2v) is 4.35. The van der Waals surface area contributed by atoms with Crippen LogP contribution in [0, 0.1) is 0 Å². The first-order valence-corrected chi connectivity index (χ1v) is 5.52. The van der Waals surface area contributed by atoms with E-state index in [1.807, 2.05) is 13.8 Å². The lowest BCUT2D eigenvalue weighted by Gasteiger charge is -2.25. The van der Waals surface area contributed by atoms with E-state index in [2.05, 4.69) is 17.6 Å². The molecule has 0 rings (SSSR count). The number of carbonyl (C=O) groups excluding carboxylic acids is 1. The normalized spacial score (nSPS) is 11.5. The zero-order valence-electron chi connectivity index (χ0n) is 10.4. The van der Waals surface area contributed by atoms with Gasteiger partial charge < -0.3 is 15.4 Å². The molecule has 0 saturated carbocycles. The van der Waals surface area contributed by atoms with Gasteiger partial charge in [-0.15, -0.1) is 0 Å². The Morgan fingerprint density at radius 1 is 1.40 bits per heavy atom. The van der Waals surface area contributed by atoms with Crippen LogP contribution >= 0.6 is 0 Å². The lowest BCUT2D eigenvalue weighted by Crippen LogP contribution is -2.47. The first-order chi connectivity index (χ1) is 7.02. The van der Waals surface area contributed by atoms with Gasteiger partial charge in [0.1, 0.15) is 0 Å². The highest BCUT2D eigenvalue weighted by Gasteiger charge is 2.18. The average Bonchev–Trinajstić information content (AvgIpc) is 2.11. The fraction of sp³-hybridized carbons (Fsp3) is 0.909. The number of hydrogen-bond acceptors (Lipinski definition) is 3. The molecule has 0 atom stereocenters. The van der Waals surface area contributed by atoms with Gasteiger partial charge in [-0.05, 0) is 20.3 Å². The third-order valence-electron chi connectivity index (χ3n) is 2.12. The standard InChI is InChI=1S/C11H24N2O2/c1-5-6-11(2,3)13-10(14)9-12-7-8-15-4/h12H,5-9H2,1-4H3,(H,13,14). The van der Waals surface area contributed by atoms with E-state index in [1.54, 1.807) is 7.11 Å². The Balaban J connectivity index is 3.63. The van der Waals surface area contributed by atoms with Gasteiger partial charge in [0.05, 0.1) is 13.2 Å². The third kappa shape index (κ3) is 8.39. The lowest BCUT2D eigenvalue weighted by atomic mass is 9.99. The number of rotatable bonds is 8. The van der Waals surface area contributed by atoms with Crippen molar-refractivity contribution in [3.8, 4) is 0 Å². The van der Waals surface area contributed by atoms with E-state index >= 15 is 0 Å². The van der Waals surface area contributed by atoms with Gasteiger partial charge in [0, 0.05) is 19.2 Å². The second-order valence-electron chi connectivity index (χ2n) is 4.35. The highest BCUT2D eigenvalue weighted by atomic mass is 16.5. The van der Waals surface area contributed by atoms with Crippen LogP contribution in [0.4, 0.5) is 0 Å². The van der Waals surface area contributed by atoms with Gasteiger partial charge >= 0.3 is 0 Å². The predicted octanol–water partition coefficient (Wildman–Crippen LogP) is 0.917. The molecule has 1 amide bonds. The fourth-order valence-electron chi connectivity index (χ4n) is 1.49. The molecule has 15 heavy (non-hydrogen) atoms. The summed E-state index contributed by atoms with van der Waals surface area (Å²) in [6, 6.07) is 0. The maximum absolute atomic E-state index is 11.5. The molecule has 0 aliphatic heterocycles. The highest BCUT2D eigenvalue weighted by Crippen LogP contribution is 2.09. The van der Waals surface area contributed by atoms with Crippen LogP contribution < -0.4 is 10.6 Å². The molecule has 0 aliphatic rings. The number of amides is 1. The predicted molar refractivity (Wildman–Crippen MR) is 61.9 cm³/mol. The van der Waals surface area contributed by atoms with E-state index in [-0.39, 0.29) is 11.4 Å². The van der Waals surface area contributed by atoms with Crippen molar-refractivity contribution in [2.45, 2.75) is 39.2 Å². The van der Waals surface area contributed by atoms with Crippen LogP contribution in [-0.4, -0.2) is 38.3 Å². The van der Waals surface area contributed by atoms with E-state index in [4.69, 9.17) is 4.74 Å². The summed E-state index contributed by atoms with van der Waals surface area (Å²) in [6.07, 6.45) is 2.07. The molecule has 4 nitrogen and oxygen atoms in total. The summed E-state index contributed by atoms with van der Waals surface area (Å²) < 4.78 is 4.87. The van der Waals surface area contributed by atoms with E-state index in [0.717, 1.165) is 12.8 Å². The molecule has 0 saturated heterocycles. The highest BCUT2D eigenvalue weighted by molar-refractivity contribution is 5.78. The molecule has 0 aromatic rings. The molecular formula is C11H24N2O2. The quantitative estimate of drug-likeness (QED) is 0.593. The van der Waals surface area contributed by atoms with Gasteiger partial charge in [0.25, 0.3) is 0 Å². The van der Waals surface area contributed by atoms with Gasteiger partial charge in [0.2, 0.25) is 5.91 Å². The van der Waals surface area contributed by atoms with E-state index < -0.39 is 0 Å². The Bertz CT molecular complexity index is 181. The van der Waals surface area contributed by atoms with Crippen molar-refractivity contribution >= 4 is 5.91 Å². The Hall–Kier alpha value is -0.610. The molecule has 0 bridgehead atoms. The molecule has 0 aliphatic carbocycles. The van der Waals surface area contributed by atoms with Gasteiger partial charge in [-0.3, -0.25) is 4.79 Å². The van der Waals surface area contributed by atoms with Crippen LogP contribution in [0.15, 0.2) is 0 Å². The molecule has 2 N–H and O–H groups in total. The number of carbonyl (C=O) groups is 1. The summed E-state index contributed by atoms with van der Waals surface area (Å²) in [5.74, 6) is 0.0459. The van der Waals surface area contributed by atoms with Crippen LogP contribution in [0.25, 0.3) is 0 Å². The van der Waals surface area contributed by atoms with E-state index in [0.29, 0.717) is 19.7 Å². The summed E-state index contributed by atoms with van der Waals surface area (Å²) in [4.78, 5) is 11.5. The Morgan fingerprint density at radius 3 is 2.60 bits per heavy atom. The van der Waals surface area contributed by atoms with E-state index in [1.165, 1.54) is 0 Å². The molecule has 0 fully saturated rings. The molecular weight excluding hydrogens is 192 g/mol. The van der Waals surface area contributed by atoms with Crippen molar-refractivity contribution in [2.24, 2.45) is 0 Å². The molecule has 0 unspecified atom stereocenters. The van der Waals surface area contributed by atoms with Crippen molar-refractivity contribution in [1.82, 2.24) is 10.6 Å². The van der Waals surface area contributed by atoms with E-state index in [9.17, 15) is 4.79 Å². The number of hydrogen-bond donors (Lipinski definition) is 2. The third-order valence-corrected chi connectivity index (χ3v) is 2.12. The van der Waals surface area contributed by atoms with Crippen molar-refractivity contribution in [3.05, 3.63) is 0 Å². The molecule has 0 radical (unpaired) electrons. The van der Waals surface area contributed by atoms with Crippen LogP contribution in [0.3, 0.4) is 0 Å². The monoisotopic (exact) mass is 216 g/mol. The Labute approximate surface area is 92.8 Å². The average molecular weight is 216 g/mol. The number of ether oxygens (including phenoxy) is 1. The zero-order valence-corrected chi connectivity index (χ0v) is 10.4. The fourth-order valence-corrected chi connectivity index (χ4v) is 1.49. The number of methoxy groups -OCH3 is 1. The summed E-state index contributed by atoms with van der Waals surface area (Å²) >= 11 is 0. The summed E-state index contributed by atoms with van der Waals surface area (Å²) in [6.45, 7) is 7.90. The van der Waals surface area contributed by atoms with Crippen molar-refractivity contribution in [3.63, 3.8) is 0 Å². The summed E-state index contributed by atoms with van der Waals surface area (Å²) in [7, 11) is 1.64. The van der Waals surface area contributed by atoms with Crippen LogP contribution in [-0.2, 0) is 9.53 Å². The molecule has 0 aromatic heterocycles. The van der Waals surface area contributed by atoms with Crippen LogP contribution in [0.1, 0.15) is 33.6 Å². The molecule has 90 valence electrons. The smallest absolute Gasteiger partial charge is 0.234 e. The van der Waals surface area contributed by atoms with Crippen molar-refractivity contribution in [2.75, 3.05) is 26.8 Å². The molecule has 4 heteroatoms.